The predicted octanol–water partition coefficient (Wildman–Crippen LogP) is 3.06. The molecule has 4 nitrogen and oxygen atoms in total. The standard InChI is InChI=1S/C17H24N2O2S.ClH/c1-12-10-21-11-13(2)19(12)8-4-5-14-6-7-15-16(9-14)22-17(20)18(15)3;/h6-7,9,12-13H,4-5,8,10-11H2,1-3H3;1H. The molecule has 1 fully saturated rings. The molecule has 1 aliphatic heterocycles. The van der Waals surface area contributed by atoms with Crippen molar-refractivity contribution < 1.29 is 4.74 Å². The van der Waals surface area contributed by atoms with Gasteiger partial charge in [0.2, 0.25) is 0 Å². The minimum atomic E-state index is 0. The van der Waals surface area contributed by atoms with Crippen LogP contribution in [-0.4, -0.2) is 41.3 Å². The summed E-state index contributed by atoms with van der Waals surface area (Å²) in [7, 11) is 1.84. The van der Waals surface area contributed by atoms with Crippen molar-refractivity contribution >= 4 is 34.0 Å². The molecular formula is C17H25ClN2O2S. The largest absolute Gasteiger partial charge is 0.378 e. The molecule has 0 bridgehead atoms. The van der Waals surface area contributed by atoms with E-state index in [1.807, 2.05) is 7.05 Å². The summed E-state index contributed by atoms with van der Waals surface area (Å²) in [4.78, 5) is 14.4. The van der Waals surface area contributed by atoms with Gasteiger partial charge in [0.05, 0.1) is 23.4 Å². The van der Waals surface area contributed by atoms with Gasteiger partial charge in [-0.05, 0) is 50.9 Å². The maximum absolute atomic E-state index is 11.7. The molecule has 0 radical (unpaired) electrons. The van der Waals surface area contributed by atoms with E-state index in [2.05, 4.69) is 36.9 Å². The summed E-state index contributed by atoms with van der Waals surface area (Å²) in [5, 5.41) is 0. The van der Waals surface area contributed by atoms with Gasteiger partial charge in [-0.25, -0.2) is 0 Å². The van der Waals surface area contributed by atoms with Crippen LogP contribution in [-0.2, 0) is 18.2 Å². The summed E-state index contributed by atoms with van der Waals surface area (Å²) in [6.07, 6.45) is 2.20. The van der Waals surface area contributed by atoms with E-state index in [9.17, 15) is 4.79 Å². The second kappa shape index (κ2) is 7.79. The van der Waals surface area contributed by atoms with Crippen LogP contribution in [0.1, 0.15) is 25.8 Å². The van der Waals surface area contributed by atoms with E-state index in [0.29, 0.717) is 12.1 Å². The highest BCUT2D eigenvalue weighted by Crippen LogP contribution is 2.20. The summed E-state index contributed by atoms with van der Waals surface area (Å²) < 4.78 is 8.40. The van der Waals surface area contributed by atoms with E-state index in [1.165, 1.54) is 16.9 Å². The number of aryl methyl sites for hydroxylation is 2. The van der Waals surface area contributed by atoms with Crippen molar-refractivity contribution in [3.63, 3.8) is 0 Å². The summed E-state index contributed by atoms with van der Waals surface area (Å²) in [5.74, 6) is 0. The molecule has 2 aromatic rings. The summed E-state index contributed by atoms with van der Waals surface area (Å²) in [5.41, 5.74) is 2.36. The SMILES string of the molecule is CC1COCC(C)N1CCCc1ccc2c(c1)sc(=O)n2C.Cl. The molecule has 128 valence electrons. The van der Waals surface area contributed by atoms with Crippen LogP contribution in [0, 0.1) is 0 Å². The fourth-order valence-corrected chi connectivity index (χ4v) is 4.22. The van der Waals surface area contributed by atoms with E-state index in [-0.39, 0.29) is 17.3 Å². The van der Waals surface area contributed by atoms with Crippen LogP contribution in [0.25, 0.3) is 10.2 Å². The van der Waals surface area contributed by atoms with Crippen LogP contribution in [0.2, 0.25) is 0 Å². The number of benzene rings is 1. The van der Waals surface area contributed by atoms with Gasteiger partial charge in [-0.1, -0.05) is 17.4 Å². The highest BCUT2D eigenvalue weighted by atomic mass is 35.5. The number of halogens is 1. The van der Waals surface area contributed by atoms with Gasteiger partial charge in [-0.15, -0.1) is 12.4 Å². The minimum absolute atomic E-state index is 0. The van der Waals surface area contributed by atoms with Crippen LogP contribution in [0.4, 0.5) is 0 Å². The molecule has 2 atom stereocenters. The van der Waals surface area contributed by atoms with Crippen molar-refractivity contribution in [3.05, 3.63) is 33.4 Å². The Morgan fingerprint density at radius 2 is 1.96 bits per heavy atom. The molecule has 1 saturated heterocycles. The number of hydrogen-bond donors (Lipinski definition) is 0. The third kappa shape index (κ3) is 3.97. The molecule has 0 aliphatic carbocycles. The Morgan fingerprint density at radius 3 is 2.65 bits per heavy atom. The van der Waals surface area contributed by atoms with Crippen molar-refractivity contribution in [2.75, 3.05) is 19.8 Å². The van der Waals surface area contributed by atoms with E-state index in [0.717, 1.165) is 42.8 Å². The number of nitrogens with zero attached hydrogens (tertiary/aromatic N) is 2. The zero-order valence-corrected chi connectivity index (χ0v) is 15.6. The van der Waals surface area contributed by atoms with Crippen LogP contribution >= 0.6 is 23.7 Å². The average Bonchev–Trinajstić information content (AvgIpc) is 2.77. The normalized spacial score (nSPS) is 22.2. The minimum Gasteiger partial charge on any atom is -0.378 e. The van der Waals surface area contributed by atoms with Crippen molar-refractivity contribution in [1.29, 1.82) is 0 Å². The van der Waals surface area contributed by atoms with Gasteiger partial charge in [0.15, 0.2) is 0 Å². The number of hydrogen-bond acceptors (Lipinski definition) is 4. The van der Waals surface area contributed by atoms with Crippen LogP contribution in [0.5, 0.6) is 0 Å². The number of rotatable bonds is 4. The molecular weight excluding hydrogens is 332 g/mol. The number of thiazole rings is 1. The van der Waals surface area contributed by atoms with Gasteiger partial charge in [0.1, 0.15) is 0 Å². The molecule has 2 heterocycles. The van der Waals surface area contributed by atoms with E-state index in [4.69, 9.17) is 4.74 Å². The smallest absolute Gasteiger partial charge is 0.307 e. The topological polar surface area (TPSA) is 34.5 Å². The maximum Gasteiger partial charge on any atom is 0.307 e. The Labute approximate surface area is 147 Å². The first-order chi connectivity index (χ1) is 10.6. The Bertz CT molecular complexity index is 702. The lowest BCUT2D eigenvalue weighted by Gasteiger charge is -2.38. The average molecular weight is 357 g/mol. The highest BCUT2D eigenvalue weighted by molar-refractivity contribution is 7.16. The number of fused-ring (bicyclic) bond motifs is 1. The fraction of sp³-hybridized carbons (Fsp3) is 0.588. The lowest BCUT2D eigenvalue weighted by Crippen LogP contribution is -2.49. The highest BCUT2D eigenvalue weighted by Gasteiger charge is 2.24. The van der Waals surface area contributed by atoms with Crippen molar-refractivity contribution in [2.24, 2.45) is 7.05 Å². The molecule has 1 aromatic carbocycles. The zero-order valence-electron chi connectivity index (χ0n) is 13.9. The van der Waals surface area contributed by atoms with Crippen molar-refractivity contribution in [1.82, 2.24) is 9.47 Å². The van der Waals surface area contributed by atoms with Crippen molar-refractivity contribution in [2.45, 2.75) is 38.8 Å². The van der Waals surface area contributed by atoms with E-state index < -0.39 is 0 Å². The first-order valence-electron chi connectivity index (χ1n) is 7.98. The van der Waals surface area contributed by atoms with Gasteiger partial charge in [0, 0.05) is 19.1 Å². The first kappa shape index (κ1) is 18.5. The molecule has 23 heavy (non-hydrogen) atoms. The second-order valence-corrected chi connectivity index (χ2v) is 7.30. The van der Waals surface area contributed by atoms with E-state index in [1.54, 1.807) is 4.57 Å². The third-order valence-electron chi connectivity index (χ3n) is 4.59. The zero-order chi connectivity index (χ0) is 15.7. The molecule has 0 saturated carbocycles. The Hall–Kier alpha value is -0.880. The molecule has 1 aliphatic rings. The maximum atomic E-state index is 11.7. The van der Waals surface area contributed by atoms with Gasteiger partial charge in [0.25, 0.3) is 0 Å². The number of ether oxygens (including phenoxy) is 1. The second-order valence-electron chi connectivity index (χ2n) is 6.31. The number of aromatic nitrogens is 1. The fourth-order valence-electron chi connectivity index (χ4n) is 3.28. The first-order valence-corrected chi connectivity index (χ1v) is 8.80. The summed E-state index contributed by atoms with van der Waals surface area (Å²) in [6, 6.07) is 7.41. The van der Waals surface area contributed by atoms with Crippen molar-refractivity contribution in [3.8, 4) is 0 Å². The molecule has 3 rings (SSSR count). The summed E-state index contributed by atoms with van der Waals surface area (Å²) in [6.45, 7) is 7.27. The summed E-state index contributed by atoms with van der Waals surface area (Å²) >= 11 is 1.34. The molecule has 0 spiro atoms. The third-order valence-corrected chi connectivity index (χ3v) is 5.58. The van der Waals surface area contributed by atoms with Crippen LogP contribution < -0.4 is 4.87 Å². The number of morpholine rings is 1. The lowest BCUT2D eigenvalue weighted by atomic mass is 10.1. The van der Waals surface area contributed by atoms with Gasteiger partial charge in [-0.2, -0.15) is 0 Å². The quantitative estimate of drug-likeness (QED) is 0.844. The van der Waals surface area contributed by atoms with Crippen LogP contribution in [0.3, 0.4) is 0 Å². The molecule has 1 aromatic heterocycles. The van der Waals surface area contributed by atoms with Crippen LogP contribution in [0.15, 0.2) is 23.0 Å². The molecule has 2 unspecified atom stereocenters. The molecule has 0 N–H and O–H groups in total. The molecule has 0 amide bonds. The monoisotopic (exact) mass is 356 g/mol. The Kier molecular flexibility index (Phi) is 6.26. The lowest BCUT2D eigenvalue weighted by molar-refractivity contribution is -0.0368. The van der Waals surface area contributed by atoms with Gasteiger partial charge in [-0.3, -0.25) is 9.69 Å². The van der Waals surface area contributed by atoms with E-state index >= 15 is 0 Å². The predicted molar refractivity (Wildman–Crippen MR) is 99.1 cm³/mol. The van der Waals surface area contributed by atoms with Gasteiger partial charge >= 0.3 is 4.87 Å². The Morgan fingerprint density at radius 1 is 1.26 bits per heavy atom. The molecule has 6 heteroatoms. The van der Waals surface area contributed by atoms with Gasteiger partial charge < -0.3 is 9.30 Å². The Balaban J connectivity index is 0.00000192.